The van der Waals surface area contributed by atoms with Crippen LogP contribution in [0.25, 0.3) is 11.3 Å². The largest absolute Gasteiger partial charge is 0.507 e. The van der Waals surface area contributed by atoms with E-state index in [-0.39, 0.29) is 30.2 Å². The normalized spacial score (nSPS) is 29.9. The number of phenolic OH excluding ortho intramolecular Hbond substituents is 1. The molecule has 1 aromatic carbocycles. The number of Topliss-reactive ketones (excluding diaryl/α,β-unsaturated/α-hetero) is 4. The minimum atomic E-state index is -2.75. The van der Waals surface area contributed by atoms with E-state index in [1.807, 2.05) is 19.9 Å². The third kappa shape index (κ3) is 4.03. The van der Waals surface area contributed by atoms with Crippen molar-refractivity contribution in [2.45, 2.75) is 50.9 Å². The van der Waals surface area contributed by atoms with Crippen LogP contribution < -0.4 is 11.1 Å². The fraction of sp³-hybridized carbons (Fsp3) is 0.483. The van der Waals surface area contributed by atoms with Crippen LogP contribution in [0.4, 0.5) is 0 Å². The first-order chi connectivity index (χ1) is 18.8. The Bertz CT molecular complexity index is 1440. The Hall–Kier alpha value is -3.67. The van der Waals surface area contributed by atoms with Gasteiger partial charge in [0.1, 0.15) is 17.3 Å². The van der Waals surface area contributed by atoms with Gasteiger partial charge in [0.05, 0.1) is 24.1 Å². The third-order valence-corrected chi connectivity index (χ3v) is 8.56. The summed E-state index contributed by atoms with van der Waals surface area (Å²) in [6, 6.07) is 5.69. The van der Waals surface area contributed by atoms with Crippen LogP contribution in [0.1, 0.15) is 41.9 Å². The second kappa shape index (κ2) is 9.76. The van der Waals surface area contributed by atoms with E-state index in [0.717, 1.165) is 0 Å². The first kappa shape index (κ1) is 27.9. The van der Waals surface area contributed by atoms with Crippen molar-refractivity contribution in [2.24, 2.45) is 29.4 Å². The number of nitrogens with zero attached hydrogens (tertiary/aromatic N) is 1. The monoisotopic (exact) mass is 551 g/mol. The van der Waals surface area contributed by atoms with Crippen LogP contribution in [0.2, 0.25) is 0 Å². The van der Waals surface area contributed by atoms with Crippen molar-refractivity contribution in [3.8, 4) is 17.1 Å². The second-order valence-corrected chi connectivity index (χ2v) is 11.6. The van der Waals surface area contributed by atoms with E-state index in [4.69, 9.17) is 10.2 Å². The number of amides is 1. The van der Waals surface area contributed by atoms with Gasteiger partial charge in [0.25, 0.3) is 0 Å². The van der Waals surface area contributed by atoms with Gasteiger partial charge in [-0.1, -0.05) is 13.8 Å². The first-order valence-corrected chi connectivity index (χ1v) is 13.3. The molecule has 3 unspecified atom stereocenters. The van der Waals surface area contributed by atoms with Gasteiger partial charge in [-0.3, -0.25) is 28.9 Å². The Kier molecular flexibility index (Phi) is 6.80. The van der Waals surface area contributed by atoms with Crippen molar-refractivity contribution in [1.82, 2.24) is 10.2 Å². The molecule has 3 aliphatic carbocycles. The lowest BCUT2D eigenvalue weighted by Crippen LogP contribution is -2.74. The standard InChI is InChI=1S/C29H33N3O8/c1-12(2)31-11-14-5-8-19(40-14)15-6-7-18(33)21-16(15)9-13-10-17-23(32(3)4)25(35)22(28(30)38)27(37)29(17,39)26(36)20(13)24(21)34/h5-8,12-13,17,20,22-23,31,33,39H,9-11H2,1-4H3,(H2,30,38)/t13-,17-,20?,22?,23?,29-/m1/s1. The number of aromatic hydroxyl groups is 1. The Morgan fingerprint density at radius 3 is 2.48 bits per heavy atom. The average Bonchev–Trinajstić information content (AvgIpc) is 3.33. The molecule has 0 spiro atoms. The summed E-state index contributed by atoms with van der Waals surface area (Å²) in [4.78, 5) is 67.9. The number of nitrogens with one attached hydrogen (secondary N) is 1. The summed E-state index contributed by atoms with van der Waals surface area (Å²) >= 11 is 0. The van der Waals surface area contributed by atoms with Crippen LogP contribution in [-0.4, -0.2) is 75.9 Å². The average molecular weight is 552 g/mol. The van der Waals surface area contributed by atoms with Gasteiger partial charge in [-0.2, -0.15) is 0 Å². The van der Waals surface area contributed by atoms with Crippen molar-refractivity contribution in [2.75, 3.05) is 14.1 Å². The molecule has 11 heteroatoms. The number of carbonyl (C=O) groups is 5. The van der Waals surface area contributed by atoms with E-state index in [1.165, 1.54) is 11.0 Å². The van der Waals surface area contributed by atoms with Crippen LogP contribution in [0.3, 0.4) is 0 Å². The van der Waals surface area contributed by atoms with Crippen LogP contribution >= 0.6 is 0 Å². The first-order valence-electron chi connectivity index (χ1n) is 13.3. The number of rotatable bonds is 6. The summed E-state index contributed by atoms with van der Waals surface area (Å²) in [7, 11) is 3.10. The molecule has 0 radical (unpaired) electrons. The zero-order chi connectivity index (χ0) is 29.3. The number of hydrogen-bond donors (Lipinski definition) is 4. The Morgan fingerprint density at radius 1 is 1.15 bits per heavy atom. The lowest BCUT2D eigenvalue weighted by molar-refractivity contribution is -0.181. The second-order valence-electron chi connectivity index (χ2n) is 11.6. The van der Waals surface area contributed by atoms with E-state index in [2.05, 4.69) is 5.32 Å². The number of aliphatic hydroxyl groups is 1. The van der Waals surface area contributed by atoms with Crippen molar-refractivity contribution in [1.29, 1.82) is 0 Å². The molecule has 11 nitrogen and oxygen atoms in total. The molecule has 3 aliphatic rings. The molecule has 1 amide bonds. The zero-order valence-electron chi connectivity index (χ0n) is 22.8. The maximum Gasteiger partial charge on any atom is 0.235 e. The van der Waals surface area contributed by atoms with Crippen molar-refractivity contribution < 1.29 is 38.6 Å². The van der Waals surface area contributed by atoms with Crippen LogP contribution in [0.5, 0.6) is 5.75 Å². The fourth-order valence-electron chi connectivity index (χ4n) is 6.76. The summed E-state index contributed by atoms with van der Waals surface area (Å²) in [5.41, 5.74) is 3.61. The van der Waals surface area contributed by atoms with E-state index in [9.17, 15) is 34.2 Å². The van der Waals surface area contributed by atoms with Crippen LogP contribution in [0.15, 0.2) is 28.7 Å². The molecule has 1 aromatic heterocycles. The van der Waals surface area contributed by atoms with Gasteiger partial charge in [0.15, 0.2) is 34.7 Å². The topological polar surface area (TPSA) is 180 Å². The summed E-state index contributed by atoms with van der Waals surface area (Å²) in [5.74, 6) is -9.56. The molecule has 5 N–H and O–H groups in total. The highest BCUT2D eigenvalue weighted by Crippen LogP contribution is 2.51. The molecular formula is C29H33N3O8. The summed E-state index contributed by atoms with van der Waals surface area (Å²) in [5, 5.41) is 25.7. The Morgan fingerprint density at radius 2 is 1.85 bits per heavy atom. The smallest absolute Gasteiger partial charge is 0.235 e. The molecule has 2 saturated carbocycles. The maximum atomic E-state index is 13.9. The maximum absolute atomic E-state index is 13.9. The van der Waals surface area contributed by atoms with E-state index < -0.39 is 64.4 Å². The number of benzene rings is 1. The molecule has 0 saturated heterocycles. The van der Waals surface area contributed by atoms with Gasteiger partial charge in [0, 0.05) is 17.5 Å². The molecular weight excluding hydrogens is 518 g/mol. The minimum Gasteiger partial charge on any atom is -0.507 e. The minimum absolute atomic E-state index is 0.0132. The molecule has 2 aromatic rings. The lowest BCUT2D eigenvalue weighted by Gasteiger charge is -2.52. The fourth-order valence-corrected chi connectivity index (χ4v) is 6.76. The predicted molar refractivity (Wildman–Crippen MR) is 141 cm³/mol. The van der Waals surface area contributed by atoms with Crippen LogP contribution in [-0.2, 0) is 32.1 Å². The molecule has 0 bridgehead atoms. The molecule has 1 heterocycles. The highest BCUT2D eigenvalue weighted by atomic mass is 16.3. The van der Waals surface area contributed by atoms with Crippen molar-refractivity contribution in [3.05, 3.63) is 41.2 Å². The number of furan rings is 1. The molecule has 5 rings (SSSR count). The number of ketones is 4. The van der Waals surface area contributed by atoms with Gasteiger partial charge >= 0.3 is 0 Å². The number of fused-ring (bicyclic) bond motifs is 3. The van der Waals surface area contributed by atoms with Crippen molar-refractivity contribution in [3.63, 3.8) is 0 Å². The van der Waals surface area contributed by atoms with Crippen LogP contribution in [0, 0.1) is 23.7 Å². The molecule has 212 valence electrons. The van der Waals surface area contributed by atoms with E-state index in [1.54, 1.807) is 26.2 Å². The quantitative estimate of drug-likeness (QED) is 0.372. The third-order valence-electron chi connectivity index (χ3n) is 8.56. The Labute approximate surface area is 230 Å². The number of primary amides is 1. The van der Waals surface area contributed by atoms with Gasteiger partial charge < -0.3 is 25.7 Å². The molecule has 2 fully saturated rings. The summed E-state index contributed by atoms with van der Waals surface area (Å²) in [6.07, 6.45) is 0.149. The van der Waals surface area contributed by atoms with Gasteiger partial charge in [-0.05, 0) is 62.7 Å². The Balaban J connectivity index is 1.59. The van der Waals surface area contributed by atoms with E-state index >= 15 is 0 Å². The predicted octanol–water partition coefficient (Wildman–Crippen LogP) is 0.625. The number of phenols is 1. The summed E-state index contributed by atoms with van der Waals surface area (Å²) < 4.78 is 6.03. The lowest BCUT2D eigenvalue weighted by atomic mass is 9.52. The van der Waals surface area contributed by atoms with E-state index in [0.29, 0.717) is 29.2 Å². The SMILES string of the molecule is CC(C)NCc1ccc(-c2ccc(O)c3c2C[C@@H]2C[C@@H]4C(N(C)C)C(=O)C(C(N)=O)C(=O)[C@]4(O)C(=O)C2C3=O)o1. The molecule has 6 atom stereocenters. The van der Waals surface area contributed by atoms with Gasteiger partial charge in [-0.25, -0.2) is 0 Å². The highest BCUT2D eigenvalue weighted by Gasteiger charge is 2.69. The van der Waals surface area contributed by atoms with Crippen molar-refractivity contribution >= 4 is 29.0 Å². The number of likely N-dealkylation sites (N-methyl/N-ethyl adjacent to an activating group) is 1. The number of carbonyl (C=O) groups excluding carboxylic acids is 5. The summed E-state index contributed by atoms with van der Waals surface area (Å²) in [6.45, 7) is 4.52. The molecule has 0 aliphatic heterocycles. The zero-order valence-corrected chi connectivity index (χ0v) is 22.8. The van der Waals surface area contributed by atoms with Gasteiger partial charge in [0.2, 0.25) is 5.91 Å². The number of nitrogens with two attached hydrogens (primary N) is 1. The number of hydrogen-bond acceptors (Lipinski definition) is 10. The van der Waals surface area contributed by atoms with Gasteiger partial charge in [-0.15, -0.1) is 0 Å². The highest BCUT2D eigenvalue weighted by molar-refractivity contribution is 6.32. The molecule has 40 heavy (non-hydrogen) atoms.